The summed E-state index contributed by atoms with van der Waals surface area (Å²) in [7, 11) is 1.83. The van der Waals surface area contributed by atoms with E-state index in [0.29, 0.717) is 26.4 Å². The molecule has 1 saturated heterocycles. The topological polar surface area (TPSA) is 58.1 Å². The van der Waals surface area contributed by atoms with E-state index in [0.717, 1.165) is 29.7 Å². The van der Waals surface area contributed by atoms with E-state index in [-0.39, 0.29) is 0 Å². The number of aliphatic imine (C=N–C) groups is 1. The van der Waals surface area contributed by atoms with Crippen molar-refractivity contribution in [3.63, 3.8) is 0 Å². The summed E-state index contributed by atoms with van der Waals surface area (Å²) in [6.45, 7) is 13.5. The Balaban J connectivity index is 1.78. The zero-order chi connectivity index (χ0) is 20.9. The Kier molecular flexibility index (Phi) is 10.9. The number of aryl methyl sites for hydroxylation is 1. The Labute approximate surface area is 177 Å². The summed E-state index contributed by atoms with van der Waals surface area (Å²) in [5, 5.41) is 6.94. The van der Waals surface area contributed by atoms with Gasteiger partial charge >= 0.3 is 0 Å². The molecule has 2 N–H and O–H groups in total. The molecule has 1 aliphatic rings. The molecule has 0 atom stereocenters. The number of nitrogens with one attached hydrogen (secondary N) is 2. The Hall–Kier alpha value is -1.79. The number of hydrogen-bond acceptors (Lipinski definition) is 4. The van der Waals surface area contributed by atoms with Gasteiger partial charge in [0.15, 0.2) is 5.96 Å². The maximum absolute atomic E-state index is 5.94. The van der Waals surface area contributed by atoms with Gasteiger partial charge < -0.3 is 25.0 Å². The minimum atomic E-state index is 0.563. The Morgan fingerprint density at radius 3 is 2.66 bits per heavy atom. The van der Waals surface area contributed by atoms with E-state index in [1.54, 1.807) is 0 Å². The van der Waals surface area contributed by atoms with Gasteiger partial charge in [-0.15, -0.1) is 0 Å². The minimum Gasteiger partial charge on any atom is -0.491 e. The molecule has 6 nitrogen and oxygen atoms in total. The summed E-state index contributed by atoms with van der Waals surface area (Å²) in [5.74, 6) is 2.48. The van der Waals surface area contributed by atoms with Gasteiger partial charge in [-0.25, -0.2) is 0 Å². The molecule has 0 bridgehead atoms. The highest BCUT2D eigenvalue weighted by Crippen LogP contribution is 2.20. The minimum absolute atomic E-state index is 0.563. The summed E-state index contributed by atoms with van der Waals surface area (Å²) in [6.07, 6.45) is 3.77. The highest BCUT2D eigenvalue weighted by atomic mass is 16.5. The standard InChI is InChI=1S/C23H40N4O2/c1-5-11-27-12-9-20(10-13-27)17-25-23(24-4)26-18-21-8-7-19(3)16-22(21)29-15-14-28-6-2/h7-8,16,20H,5-6,9-15,17-18H2,1-4H3,(H2,24,25,26). The van der Waals surface area contributed by atoms with Crippen LogP contribution in [0.2, 0.25) is 0 Å². The molecule has 0 unspecified atom stereocenters. The van der Waals surface area contributed by atoms with Crippen molar-refractivity contribution in [1.29, 1.82) is 0 Å². The monoisotopic (exact) mass is 404 g/mol. The van der Waals surface area contributed by atoms with Crippen molar-refractivity contribution in [3.8, 4) is 5.75 Å². The molecule has 1 aromatic carbocycles. The van der Waals surface area contributed by atoms with Crippen LogP contribution in [-0.4, -0.2) is 63.9 Å². The highest BCUT2D eigenvalue weighted by Gasteiger charge is 2.18. The predicted octanol–water partition coefficient (Wildman–Crippen LogP) is 3.20. The van der Waals surface area contributed by atoms with Gasteiger partial charge in [0, 0.05) is 32.3 Å². The van der Waals surface area contributed by atoms with Crippen LogP contribution in [0.4, 0.5) is 0 Å². The maximum atomic E-state index is 5.94. The third-order valence-electron chi connectivity index (χ3n) is 5.39. The number of piperidine rings is 1. The van der Waals surface area contributed by atoms with Crippen molar-refractivity contribution in [2.24, 2.45) is 10.9 Å². The first-order valence-corrected chi connectivity index (χ1v) is 11.1. The predicted molar refractivity (Wildman–Crippen MR) is 121 cm³/mol. The molecule has 0 saturated carbocycles. The number of ether oxygens (including phenoxy) is 2. The molecular weight excluding hydrogens is 364 g/mol. The van der Waals surface area contributed by atoms with Gasteiger partial charge in [0.05, 0.1) is 6.61 Å². The second-order valence-corrected chi connectivity index (χ2v) is 7.75. The molecule has 2 rings (SSSR count). The third kappa shape index (κ3) is 8.62. The van der Waals surface area contributed by atoms with Gasteiger partial charge in [-0.3, -0.25) is 4.99 Å². The average Bonchev–Trinajstić information content (AvgIpc) is 2.74. The average molecular weight is 405 g/mol. The Morgan fingerprint density at radius 1 is 1.17 bits per heavy atom. The van der Waals surface area contributed by atoms with Crippen LogP contribution in [0.25, 0.3) is 0 Å². The number of guanidine groups is 1. The first-order chi connectivity index (χ1) is 14.2. The lowest BCUT2D eigenvalue weighted by Gasteiger charge is -2.32. The molecule has 1 heterocycles. The molecule has 1 aromatic rings. The second-order valence-electron chi connectivity index (χ2n) is 7.75. The van der Waals surface area contributed by atoms with Crippen LogP contribution in [-0.2, 0) is 11.3 Å². The molecular formula is C23H40N4O2. The molecule has 0 aliphatic carbocycles. The fourth-order valence-corrected chi connectivity index (χ4v) is 3.67. The lowest BCUT2D eigenvalue weighted by molar-refractivity contribution is 0.110. The maximum Gasteiger partial charge on any atom is 0.191 e. The van der Waals surface area contributed by atoms with Gasteiger partial charge in [0.1, 0.15) is 12.4 Å². The molecule has 164 valence electrons. The van der Waals surface area contributed by atoms with E-state index in [1.165, 1.54) is 44.5 Å². The SMILES string of the molecule is CCCN1CCC(CNC(=NC)NCc2ccc(C)cc2OCCOCC)CC1. The summed E-state index contributed by atoms with van der Waals surface area (Å²) < 4.78 is 11.3. The first-order valence-electron chi connectivity index (χ1n) is 11.1. The normalized spacial score (nSPS) is 16.1. The molecule has 0 radical (unpaired) electrons. The quantitative estimate of drug-likeness (QED) is 0.337. The van der Waals surface area contributed by atoms with Crippen molar-refractivity contribution in [2.45, 2.75) is 46.6 Å². The Bertz CT molecular complexity index is 613. The molecule has 0 aromatic heterocycles. The number of rotatable bonds is 11. The van der Waals surface area contributed by atoms with Crippen LogP contribution >= 0.6 is 0 Å². The van der Waals surface area contributed by atoms with E-state index >= 15 is 0 Å². The van der Waals surface area contributed by atoms with Crippen molar-refractivity contribution < 1.29 is 9.47 Å². The zero-order valence-corrected chi connectivity index (χ0v) is 18.8. The van der Waals surface area contributed by atoms with Crippen molar-refractivity contribution in [1.82, 2.24) is 15.5 Å². The van der Waals surface area contributed by atoms with Gasteiger partial charge in [-0.2, -0.15) is 0 Å². The fraction of sp³-hybridized carbons (Fsp3) is 0.696. The van der Waals surface area contributed by atoms with Crippen LogP contribution in [0.3, 0.4) is 0 Å². The van der Waals surface area contributed by atoms with Gasteiger partial charge in [0.2, 0.25) is 0 Å². The third-order valence-corrected chi connectivity index (χ3v) is 5.39. The van der Waals surface area contributed by atoms with Gasteiger partial charge in [0.25, 0.3) is 0 Å². The summed E-state index contributed by atoms with van der Waals surface area (Å²) in [5.41, 5.74) is 2.32. The van der Waals surface area contributed by atoms with Crippen molar-refractivity contribution in [2.75, 3.05) is 53.0 Å². The lowest BCUT2D eigenvalue weighted by atomic mass is 9.97. The molecule has 0 amide bonds. The van der Waals surface area contributed by atoms with E-state index < -0.39 is 0 Å². The van der Waals surface area contributed by atoms with Gasteiger partial charge in [-0.1, -0.05) is 19.1 Å². The van der Waals surface area contributed by atoms with Crippen LogP contribution in [0.15, 0.2) is 23.2 Å². The fourth-order valence-electron chi connectivity index (χ4n) is 3.67. The zero-order valence-electron chi connectivity index (χ0n) is 18.8. The first kappa shape index (κ1) is 23.5. The summed E-state index contributed by atoms with van der Waals surface area (Å²) >= 11 is 0. The number of hydrogen-bond donors (Lipinski definition) is 2. The van der Waals surface area contributed by atoms with Crippen LogP contribution in [0.5, 0.6) is 5.75 Å². The molecule has 29 heavy (non-hydrogen) atoms. The number of nitrogens with zero attached hydrogens (tertiary/aromatic N) is 2. The van der Waals surface area contributed by atoms with Crippen LogP contribution in [0.1, 0.15) is 44.2 Å². The lowest BCUT2D eigenvalue weighted by Crippen LogP contribution is -2.42. The highest BCUT2D eigenvalue weighted by molar-refractivity contribution is 5.79. The van der Waals surface area contributed by atoms with E-state index in [4.69, 9.17) is 9.47 Å². The molecule has 1 fully saturated rings. The molecule has 1 aliphatic heterocycles. The molecule has 6 heteroatoms. The molecule has 0 spiro atoms. The van der Waals surface area contributed by atoms with Crippen LogP contribution < -0.4 is 15.4 Å². The number of benzene rings is 1. The van der Waals surface area contributed by atoms with Gasteiger partial charge in [-0.05, 0) is 70.3 Å². The van der Waals surface area contributed by atoms with E-state index in [9.17, 15) is 0 Å². The van der Waals surface area contributed by atoms with Crippen LogP contribution in [0, 0.1) is 12.8 Å². The van der Waals surface area contributed by atoms with E-state index in [1.807, 2.05) is 14.0 Å². The van der Waals surface area contributed by atoms with Crippen molar-refractivity contribution in [3.05, 3.63) is 29.3 Å². The largest absolute Gasteiger partial charge is 0.491 e. The van der Waals surface area contributed by atoms with E-state index in [2.05, 4.69) is 52.6 Å². The summed E-state index contributed by atoms with van der Waals surface area (Å²) in [4.78, 5) is 6.97. The second kappa shape index (κ2) is 13.4. The number of likely N-dealkylation sites (tertiary alicyclic amines) is 1. The summed E-state index contributed by atoms with van der Waals surface area (Å²) in [6, 6.07) is 6.32. The van der Waals surface area contributed by atoms with Crippen molar-refractivity contribution >= 4 is 5.96 Å². The Morgan fingerprint density at radius 2 is 1.97 bits per heavy atom. The smallest absolute Gasteiger partial charge is 0.191 e.